The molecule has 0 radical (unpaired) electrons. The van der Waals surface area contributed by atoms with E-state index in [9.17, 15) is 19.7 Å². The summed E-state index contributed by atoms with van der Waals surface area (Å²) in [5, 5.41) is 26.9. The van der Waals surface area contributed by atoms with E-state index in [1.54, 1.807) is 12.1 Å². The summed E-state index contributed by atoms with van der Waals surface area (Å²) in [7, 11) is 0. The number of para-hydroxylation sites is 1. The molecule has 0 aliphatic rings. The first-order valence-electron chi connectivity index (χ1n) is 8.87. The minimum Gasteiger partial charge on any atom is -0.480 e. The summed E-state index contributed by atoms with van der Waals surface area (Å²) in [5.41, 5.74) is 0.677. The van der Waals surface area contributed by atoms with Crippen molar-refractivity contribution < 1.29 is 24.4 Å². The van der Waals surface area contributed by atoms with Gasteiger partial charge in [-0.1, -0.05) is 18.2 Å². The van der Waals surface area contributed by atoms with Crippen molar-refractivity contribution in [2.75, 3.05) is 5.32 Å². The van der Waals surface area contributed by atoms with E-state index in [2.05, 4.69) is 10.4 Å². The van der Waals surface area contributed by atoms with E-state index >= 15 is 0 Å². The number of aliphatic carboxylic acids is 1. The molecular formula is C20H18N4O6. The van der Waals surface area contributed by atoms with Gasteiger partial charge in [-0.15, -0.1) is 0 Å². The van der Waals surface area contributed by atoms with Crippen molar-refractivity contribution in [3.8, 4) is 11.5 Å². The first-order valence-corrected chi connectivity index (χ1v) is 8.87. The van der Waals surface area contributed by atoms with Crippen LogP contribution in [0.4, 0.5) is 11.4 Å². The van der Waals surface area contributed by atoms with Gasteiger partial charge >= 0.3 is 5.97 Å². The van der Waals surface area contributed by atoms with Crippen LogP contribution in [0.15, 0.2) is 54.7 Å². The number of carbonyl (C=O) groups excluding carboxylic acids is 1. The van der Waals surface area contributed by atoms with Crippen LogP contribution >= 0.6 is 0 Å². The second-order valence-electron chi connectivity index (χ2n) is 6.47. The highest BCUT2D eigenvalue weighted by molar-refractivity contribution is 6.03. The van der Waals surface area contributed by atoms with Gasteiger partial charge < -0.3 is 15.2 Å². The fourth-order valence-corrected chi connectivity index (χ4v) is 2.72. The number of hydrogen-bond donors (Lipinski definition) is 2. The van der Waals surface area contributed by atoms with Crippen molar-refractivity contribution in [1.82, 2.24) is 9.78 Å². The number of aromatic nitrogens is 2. The largest absolute Gasteiger partial charge is 0.480 e. The SMILES string of the molecule is Cc1ccccc1Oc1cc(NC(=O)c2ccnn2C(C)C(=O)O)cc([N+](=O)[O-])c1. The Balaban J connectivity index is 1.91. The molecule has 1 amide bonds. The van der Waals surface area contributed by atoms with Gasteiger partial charge in [0.2, 0.25) is 0 Å². The predicted molar refractivity (Wildman–Crippen MR) is 107 cm³/mol. The van der Waals surface area contributed by atoms with Gasteiger partial charge in [0.05, 0.1) is 16.7 Å². The minimum absolute atomic E-state index is 0.00206. The summed E-state index contributed by atoms with van der Waals surface area (Å²) >= 11 is 0. The third kappa shape index (κ3) is 4.43. The molecule has 0 bridgehead atoms. The average molecular weight is 410 g/mol. The lowest BCUT2D eigenvalue weighted by Crippen LogP contribution is -2.24. The number of carboxylic acid groups (broad SMARTS) is 1. The monoisotopic (exact) mass is 410 g/mol. The molecule has 3 aromatic rings. The molecule has 0 aliphatic heterocycles. The van der Waals surface area contributed by atoms with Crippen molar-refractivity contribution in [1.29, 1.82) is 0 Å². The zero-order valence-electron chi connectivity index (χ0n) is 16.1. The lowest BCUT2D eigenvalue weighted by Gasteiger charge is -2.13. The van der Waals surface area contributed by atoms with Gasteiger partial charge in [-0.05, 0) is 31.5 Å². The first kappa shape index (κ1) is 20.5. The van der Waals surface area contributed by atoms with Crippen LogP contribution in [0.2, 0.25) is 0 Å². The van der Waals surface area contributed by atoms with E-state index in [1.807, 2.05) is 19.1 Å². The fraction of sp³-hybridized carbons (Fsp3) is 0.150. The number of nitrogens with zero attached hydrogens (tertiary/aromatic N) is 3. The fourth-order valence-electron chi connectivity index (χ4n) is 2.72. The number of rotatable bonds is 7. The Bertz CT molecular complexity index is 1120. The molecular weight excluding hydrogens is 392 g/mol. The number of nitrogens with one attached hydrogen (secondary N) is 1. The number of carbonyl (C=O) groups is 2. The highest BCUT2D eigenvalue weighted by Crippen LogP contribution is 2.31. The molecule has 0 spiro atoms. The number of ether oxygens (including phenoxy) is 1. The molecule has 10 heteroatoms. The first-order chi connectivity index (χ1) is 14.3. The molecule has 1 heterocycles. The molecule has 0 aliphatic carbocycles. The van der Waals surface area contributed by atoms with Crippen molar-refractivity contribution in [2.24, 2.45) is 0 Å². The third-order valence-corrected chi connectivity index (χ3v) is 4.31. The summed E-state index contributed by atoms with van der Waals surface area (Å²) in [6.45, 7) is 3.22. The number of nitro benzene ring substituents is 1. The second-order valence-corrected chi connectivity index (χ2v) is 6.47. The standard InChI is InChI=1S/C20H18N4O6/c1-12-5-3-4-6-18(12)30-16-10-14(9-15(11-16)24(28)29)22-19(25)17-7-8-21-23(17)13(2)20(26)27/h3-11,13H,1-2H3,(H,22,25)(H,26,27). The third-order valence-electron chi connectivity index (χ3n) is 4.31. The number of amides is 1. The van der Waals surface area contributed by atoms with E-state index < -0.39 is 22.8 Å². The Morgan fingerprint density at radius 3 is 2.63 bits per heavy atom. The van der Waals surface area contributed by atoms with Crippen molar-refractivity contribution in [3.05, 3.63) is 76.1 Å². The van der Waals surface area contributed by atoms with Crippen LogP contribution in [0.5, 0.6) is 11.5 Å². The van der Waals surface area contributed by atoms with E-state index in [4.69, 9.17) is 9.84 Å². The highest BCUT2D eigenvalue weighted by Gasteiger charge is 2.22. The topological polar surface area (TPSA) is 137 Å². The molecule has 1 aromatic heterocycles. The number of hydrogen-bond acceptors (Lipinski definition) is 6. The normalized spacial score (nSPS) is 11.5. The number of nitro groups is 1. The smallest absolute Gasteiger partial charge is 0.328 e. The van der Waals surface area contributed by atoms with Crippen LogP contribution in [-0.4, -0.2) is 31.7 Å². The van der Waals surface area contributed by atoms with Crippen molar-refractivity contribution >= 4 is 23.3 Å². The molecule has 154 valence electrons. The van der Waals surface area contributed by atoms with Gasteiger partial charge in [0.25, 0.3) is 11.6 Å². The Morgan fingerprint density at radius 2 is 1.97 bits per heavy atom. The van der Waals surface area contributed by atoms with E-state index in [-0.39, 0.29) is 22.8 Å². The summed E-state index contributed by atoms with van der Waals surface area (Å²) < 4.78 is 6.81. The Hall–Kier alpha value is -4.21. The maximum atomic E-state index is 12.7. The molecule has 1 atom stereocenters. The zero-order valence-corrected chi connectivity index (χ0v) is 16.1. The average Bonchev–Trinajstić information content (AvgIpc) is 3.18. The lowest BCUT2D eigenvalue weighted by molar-refractivity contribution is -0.384. The second kappa shape index (κ2) is 8.43. The maximum Gasteiger partial charge on any atom is 0.328 e. The highest BCUT2D eigenvalue weighted by atomic mass is 16.6. The number of non-ortho nitro benzene ring substituents is 1. The van der Waals surface area contributed by atoms with E-state index in [0.717, 1.165) is 10.2 Å². The van der Waals surface area contributed by atoms with Crippen LogP contribution in [0.3, 0.4) is 0 Å². The van der Waals surface area contributed by atoms with Gasteiger partial charge in [0.1, 0.15) is 23.2 Å². The number of carboxylic acids is 1. The molecule has 2 aromatic carbocycles. The molecule has 0 saturated heterocycles. The van der Waals surface area contributed by atoms with Crippen LogP contribution in [-0.2, 0) is 4.79 Å². The molecule has 0 fully saturated rings. The Kier molecular flexibility index (Phi) is 5.77. The number of aryl methyl sites for hydroxylation is 1. The zero-order chi connectivity index (χ0) is 21.8. The number of benzene rings is 2. The Labute approximate surface area is 170 Å². The van der Waals surface area contributed by atoms with Gasteiger partial charge in [0, 0.05) is 18.3 Å². The maximum absolute atomic E-state index is 12.7. The summed E-state index contributed by atoms with van der Waals surface area (Å²) in [4.78, 5) is 34.6. The molecule has 0 saturated carbocycles. The van der Waals surface area contributed by atoms with Crippen LogP contribution in [0.25, 0.3) is 0 Å². The summed E-state index contributed by atoms with van der Waals surface area (Å²) in [5.74, 6) is -1.13. The van der Waals surface area contributed by atoms with Gasteiger partial charge in [0.15, 0.2) is 0 Å². The van der Waals surface area contributed by atoms with E-state index in [0.29, 0.717) is 5.75 Å². The van der Waals surface area contributed by atoms with Crippen LogP contribution < -0.4 is 10.1 Å². The van der Waals surface area contributed by atoms with Gasteiger partial charge in [-0.2, -0.15) is 5.10 Å². The van der Waals surface area contributed by atoms with E-state index in [1.165, 1.54) is 37.4 Å². The van der Waals surface area contributed by atoms with Crippen LogP contribution in [0.1, 0.15) is 29.0 Å². The predicted octanol–water partition coefficient (Wildman–Crippen LogP) is 3.79. The molecule has 30 heavy (non-hydrogen) atoms. The molecule has 3 rings (SSSR count). The quantitative estimate of drug-likeness (QED) is 0.446. The molecule has 1 unspecified atom stereocenters. The lowest BCUT2D eigenvalue weighted by atomic mass is 10.2. The molecule has 10 nitrogen and oxygen atoms in total. The minimum atomic E-state index is -1.16. The van der Waals surface area contributed by atoms with Gasteiger partial charge in [-0.3, -0.25) is 14.9 Å². The summed E-state index contributed by atoms with van der Waals surface area (Å²) in [6, 6.07) is 11.3. The Morgan fingerprint density at radius 1 is 1.23 bits per heavy atom. The van der Waals surface area contributed by atoms with Crippen LogP contribution in [0, 0.1) is 17.0 Å². The molecule has 2 N–H and O–H groups in total. The van der Waals surface area contributed by atoms with Crippen molar-refractivity contribution in [3.63, 3.8) is 0 Å². The number of anilines is 1. The van der Waals surface area contributed by atoms with Gasteiger partial charge in [-0.25, -0.2) is 9.48 Å². The summed E-state index contributed by atoms with van der Waals surface area (Å²) in [6.07, 6.45) is 1.30. The van der Waals surface area contributed by atoms with Crippen molar-refractivity contribution in [2.45, 2.75) is 19.9 Å².